The van der Waals surface area contributed by atoms with Crippen LogP contribution in [0.15, 0.2) is 48.0 Å². The smallest absolute Gasteiger partial charge is 0.295 e. The number of hydrogen-bond donors (Lipinski definition) is 1. The zero-order valence-electron chi connectivity index (χ0n) is 19.5. The van der Waals surface area contributed by atoms with E-state index >= 15 is 0 Å². The number of aliphatic hydroxyl groups excluding tert-OH is 1. The van der Waals surface area contributed by atoms with Gasteiger partial charge in [-0.15, -0.1) is 0 Å². The summed E-state index contributed by atoms with van der Waals surface area (Å²) in [5, 5.41) is 11.3. The monoisotopic (exact) mass is 450 g/mol. The molecule has 7 nitrogen and oxygen atoms in total. The lowest BCUT2D eigenvalue weighted by Gasteiger charge is -2.28. The van der Waals surface area contributed by atoms with Gasteiger partial charge in [0.05, 0.1) is 30.5 Å². The van der Waals surface area contributed by atoms with Crippen molar-refractivity contribution in [3.8, 4) is 5.75 Å². The number of rotatable bonds is 6. The SMILES string of the molecule is COCCN1C(=O)C(=O)/C(=C(\O)c2ccc3c(c2)N(C)CCO3)C1c1ccc(C(C)C)cc1. The van der Waals surface area contributed by atoms with Gasteiger partial charge in [-0.3, -0.25) is 9.59 Å². The maximum atomic E-state index is 13.1. The third-order valence-corrected chi connectivity index (χ3v) is 6.32. The number of ketones is 1. The number of fused-ring (bicyclic) bond motifs is 1. The maximum absolute atomic E-state index is 13.1. The van der Waals surface area contributed by atoms with Crippen LogP contribution in [0.2, 0.25) is 0 Å². The molecular formula is C26H30N2O5. The number of carbonyl (C=O) groups excluding carboxylic acids is 2. The first kappa shape index (κ1) is 22.9. The largest absolute Gasteiger partial charge is 0.507 e. The molecule has 0 radical (unpaired) electrons. The molecule has 7 heteroatoms. The average molecular weight is 451 g/mol. The van der Waals surface area contributed by atoms with Crippen molar-refractivity contribution in [1.82, 2.24) is 4.90 Å². The fraction of sp³-hybridized carbons (Fsp3) is 0.385. The van der Waals surface area contributed by atoms with Gasteiger partial charge >= 0.3 is 0 Å². The van der Waals surface area contributed by atoms with Gasteiger partial charge in [-0.05, 0) is 35.2 Å². The summed E-state index contributed by atoms with van der Waals surface area (Å²) in [7, 11) is 3.50. The van der Waals surface area contributed by atoms with Crippen LogP contribution in [0.3, 0.4) is 0 Å². The van der Waals surface area contributed by atoms with Crippen molar-refractivity contribution in [2.75, 3.05) is 45.4 Å². The molecule has 0 aromatic heterocycles. The Bertz CT molecular complexity index is 1090. The molecule has 0 aliphatic carbocycles. The number of amides is 1. The van der Waals surface area contributed by atoms with Gasteiger partial charge in [0.25, 0.3) is 11.7 Å². The van der Waals surface area contributed by atoms with Crippen LogP contribution in [0.5, 0.6) is 5.75 Å². The van der Waals surface area contributed by atoms with E-state index in [4.69, 9.17) is 9.47 Å². The number of aliphatic hydroxyl groups is 1. The Labute approximate surface area is 194 Å². The predicted molar refractivity (Wildman–Crippen MR) is 127 cm³/mol. The fourth-order valence-electron chi connectivity index (χ4n) is 4.36. The van der Waals surface area contributed by atoms with Gasteiger partial charge in [0.15, 0.2) is 0 Å². The number of methoxy groups -OCH3 is 1. The van der Waals surface area contributed by atoms with Crippen LogP contribution in [0.25, 0.3) is 5.76 Å². The van der Waals surface area contributed by atoms with Crippen LogP contribution < -0.4 is 9.64 Å². The first-order valence-corrected chi connectivity index (χ1v) is 11.2. The van der Waals surface area contributed by atoms with Gasteiger partial charge in [0, 0.05) is 26.3 Å². The summed E-state index contributed by atoms with van der Waals surface area (Å²) in [5.74, 6) is -0.433. The van der Waals surface area contributed by atoms with Crippen LogP contribution in [0.1, 0.15) is 42.5 Å². The second kappa shape index (κ2) is 9.27. The standard InChI is InChI=1S/C26H30N2O5/c1-16(2)17-5-7-18(8-6-17)23-22(25(30)26(31)28(23)12-13-32-4)24(29)19-9-10-21-20(15-19)27(3)11-14-33-21/h5-10,15-16,23,29H,11-14H2,1-4H3/b24-22-. The fourth-order valence-corrected chi connectivity index (χ4v) is 4.36. The molecule has 1 amide bonds. The molecule has 2 aliphatic heterocycles. The molecule has 0 spiro atoms. The Morgan fingerprint density at radius 1 is 1.18 bits per heavy atom. The van der Waals surface area contributed by atoms with Gasteiger partial charge in [0.1, 0.15) is 18.1 Å². The molecule has 0 bridgehead atoms. The third-order valence-electron chi connectivity index (χ3n) is 6.32. The van der Waals surface area contributed by atoms with E-state index in [1.54, 1.807) is 25.3 Å². The van der Waals surface area contributed by atoms with Crippen LogP contribution >= 0.6 is 0 Å². The highest BCUT2D eigenvalue weighted by Crippen LogP contribution is 2.41. The maximum Gasteiger partial charge on any atom is 0.295 e. The van der Waals surface area contributed by atoms with Crippen LogP contribution in [-0.2, 0) is 14.3 Å². The minimum absolute atomic E-state index is 0.0905. The van der Waals surface area contributed by atoms with E-state index < -0.39 is 17.7 Å². The van der Waals surface area contributed by atoms with Gasteiger partial charge < -0.3 is 24.4 Å². The highest BCUT2D eigenvalue weighted by molar-refractivity contribution is 6.46. The van der Waals surface area contributed by atoms with Gasteiger partial charge in [-0.2, -0.15) is 0 Å². The Kier molecular flexibility index (Phi) is 6.42. The summed E-state index contributed by atoms with van der Waals surface area (Å²) in [6, 6.07) is 12.5. The van der Waals surface area contributed by atoms with E-state index in [9.17, 15) is 14.7 Å². The highest BCUT2D eigenvalue weighted by Gasteiger charge is 2.46. The van der Waals surface area contributed by atoms with Crippen molar-refractivity contribution in [2.24, 2.45) is 0 Å². The van der Waals surface area contributed by atoms with Gasteiger partial charge in [0.2, 0.25) is 0 Å². The number of Topliss-reactive ketones (excluding diaryl/α,β-unsaturated/α-hetero) is 1. The minimum atomic E-state index is -0.691. The Morgan fingerprint density at radius 2 is 1.91 bits per heavy atom. The van der Waals surface area contributed by atoms with Gasteiger partial charge in [-0.1, -0.05) is 38.1 Å². The molecule has 1 unspecified atom stereocenters. The Balaban J connectivity index is 1.82. The quantitative estimate of drug-likeness (QED) is 0.411. The molecule has 1 atom stereocenters. The molecular weight excluding hydrogens is 420 g/mol. The average Bonchev–Trinajstić information content (AvgIpc) is 3.07. The van der Waals surface area contributed by atoms with Gasteiger partial charge in [-0.25, -0.2) is 0 Å². The van der Waals surface area contributed by atoms with E-state index in [2.05, 4.69) is 13.8 Å². The number of likely N-dealkylation sites (N-methyl/N-ethyl adjacent to an activating group) is 1. The summed E-state index contributed by atoms with van der Waals surface area (Å²) < 4.78 is 10.9. The summed E-state index contributed by atoms with van der Waals surface area (Å²) in [6.07, 6.45) is 0. The number of hydrogen-bond acceptors (Lipinski definition) is 6. The van der Waals surface area contributed by atoms with Crippen molar-refractivity contribution in [1.29, 1.82) is 0 Å². The van der Waals surface area contributed by atoms with Crippen LogP contribution in [0, 0.1) is 0 Å². The lowest BCUT2D eigenvalue weighted by Crippen LogP contribution is -2.32. The molecule has 2 aliphatic rings. The summed E-state index contributed by atoms with van der Waals surface area (Å²) >= 11 is 0. The zero-order valence-corrected chi connectivity index (χ0v) is 19.5. The van der Waals surface area contributed by atoms with E-state index in [1.165, 1.54) is 4.90 Å². The molecule has 1 N–H and O–H groups in total. The summed E-state index contributed by atoms with van der Waals surface area (Å²) in [4.78, 5) is 29.6. The van der Waals surface area contributed by atoms with E-state index in [0.717, 1.165) is 29.1 Å². The number of likely N-dealkylation sites (tertiary alicyclic amines) is 1. The highest BCUT2D eigenvalue weighted by atomic mass is 16.5. The molecule has 1 saturated heterocycles. The van der Waals surface area contributed by atoms with Crippen molar-refractivity contribution < 1.29 is 24.2 Å². The Morgan fingerprint density at radius 3 is 2.58 bits per heavy atom. The third kappa shape index (κ3) is 4.20. The Hall–Kier alpha value is -3.32. The van der Waals surface area contributed by atoms with Crippen LogP contribution in [-0.4, -0.2) is 62.2 Å². The zero-order chi connectivity index (χ0) is 23.7. The minimum Gasteiger partial charge on any atom is -0.507 e. The van der Waals surface area contributed by atoms with Crippen LogP contribution in [0.4, 0.5) is 5.69 Å². The topological polar surface area (TPSA) is 79.3 Å². The normalized spacial score (nSPS) is 19.7. The van der Waals surface area contributed by atoms with E-state index in [1.807, 2.05) is 36.2 Å². The molecule has 174 valence electrons. The van der Waals surface area contributed by atoms with Crippen molar-refractivity contribution in [3.63, 3.8) is 0 Å². The molecule has 0 saturated carbocycles. The molecule has 4 rings (SSSR count). The van der Waals surface area contributed by atoms with Crippen molar-refractivity contribution in [3.05, 3.63) is 64.7 Å². The van der Waals surface area contributed by atoms with Crippen molar-refractivity contribution in [2.45, 2.75) is 25.8 Å². The second-order valence-electron chi connectivity index (χ2n) is 8.76. The number of nitrogens with zero attached hydrogens (tertiary/aromatic N) is 2. The summed E-state index contributed by atoms with van der Waals surface area (Å²) in [5.41, 5.74) is 3.32. The van der Waals surface area contributed by atoms with E-state index in [-0.39, 0.29) is 24.5 Å². The number of benzene rings is 2. The lowest BCUT2D eigenvalue weighted by atomic mass is 9.93. The van der Waals surface area contributed by atoms with Crippen molar-refractivity contribution >= 4 is 23.1 Å². The number of ether oxygens (including phenoxy) is 2. The number of carbonyl (C=O) groups is 2. The molecule has 1 fully saturated rings. The molecule has 2 aromatic carbocycles. The predicted octanol–water partition coefficient (Wildman–Crippen LogP) is 3.71. The first-order chi connectivity index (χ1) is 15.8. The number of anilines is 1. The molecule has 2 heterocycles. The molecule has 2 aromatic rings. The van der Waals surface area contributed by atoms with E-state index in [0.29, 0.717) is 18.1 Å². The lowest BCUT2D eigenvalue weighted by molar-refractivity contribution is -0.140. The first-order valence-electron chi connectivity index (χ1n) is 11.2. The second-order valence-corrected chi connectivity index (χ2v) is 8.76. The molecule has 33 heavy (non-hydrogen) atoms. The summed E-state index contributed by atoms with van der Waals surface area (Å²) in [6.45, 7) is 6.06.